The molecule has 2 rings (SSSR count). The van der Waals surface area contributed by atoms with Crippen molar-refractivity contribution < 1.29 is 10.2 Å². The first kappa shape index (κ1) is 14.4. The lowest BCUT2D eigenvalue weighted by molar-refractivity contribution is 0.418. The van der Waals surface area contributed by atoms with Gasteiger partial charge in [0.2, 0.25) is 0 Å². The predicted octanol–water partition coefficient (Wildman–Crippen LogP) is 4.45. The van der Waals surface area contributed by atoms with Gasteiger partial charge < -0.3 is 10.2 Å². The molecular formula is C18H22O2. The van der Waals surface area contributed by atoms with Gasteiger partial charge >= 0.3 is 0 Å². The molecule has 2 heteroatoms. The lowest BCUT2D eigenvalue weighted by Crippen LogP contribution is -2.25. The van der Waals surface area contributed by atoms with Crippen molar-refractivity contribution in [3.8, 4) is 11.5 Å². The SMILES string of the molecule is CC(C)CC(C)(c1cccc(O)c1)c1cccc(O)c1. The quantitative estimate of drug-likeness (QED) is 0.861. The molecular weight excluding hydrogens is 248 g/mol. The molecule has 0 radical (unpaired) electrons. The van der Waals surface area contributed by atoms with E-state index in [2.05, 4.69) is 20.8 Å². The van der Waals surface area contributed by atoms with Crippen LogP contribution in [0.4, 0.5) is 0 Å². The molecule has 20 heavy (non-hydrogen) atoms. The van der Waals surface area contributed by atoms with Crippen LogP contribution in [0.2, 0.25) is 0 Å². The van der Waals surface area contributed by atoms with E-state index in [0.29, 0.717) is 5.92 Å². The van der Waals surface area contributed by atoms with Gasteiger partial charge in [-0.05, 0) is 47.7 Å². The summed E-state index contributed by atoms with van der Waals surface area (Å²) in [5, 5.41) is 19.5. The van der Waals surface area contributed by atoms with Crippen molar-refractivity contribution in [1.82, 2.24) is 0 Å². The first-order chi connectivity index (χ1) is 9.41. The van der Waals surface area contributed by atoms with E-state index in [4.69, 9.17) is 0 Å². The van der Waals surface area contributed by atoms with Crippen molar-refractivity contribution in [1.29, 1.82) is 0 Å². The first-order valence-corrected chi connectivity index (χ1v) is 7.01. The average Bonchev–Trinajstić information content (AvgIpc) is 2.38. The number of phenols is 2. The maximum absolute atomic E-state index is 9.76. The second-order valence-corrected chi connectivity index (χ2v) is 6.03. The molecule has 0 aromatic heterocycles. The van der Waals surface area contributed by atoms with Crippen molar-refractivity contribution in [2.75, 3.05) is 0 Å². The van der Waals surface area contributed by atoms with E-state index in [0.717, 1.165) is 17.5 Å². The van der Waals surface area contributed by atoms with E-state index >= 15 is 0 Å². The highest BCUT2D eigenvalue weighted by atomic mass is 16.3. The van der Waals surface area contributed by atoms with Gasteiger partial charge in [0.25, 0.3) is 0 Å². The van der Waals surface area contributed by atoms with Crippen LogP contribution in [0.1, 0.15) is 38.3 Å². The minimum atomic E-state index is -0.231. The second kappa shape index (κ2) is 5.58. The number of benzene rings is 2. The number of hydrogen-bond donors (Lipinski definition) is 2. The minimum Gasteiger partial charge on any atom is -0.508 e. The van der Waals surface area contributed by atoms with E-state index in [1.54, 1.807) is 12.1 Å². The molecule has 0 unspecified atom stereocenters. The third kappa shape index (κ3) is 2.96. The van der Waals surface area contributed by atoms with E-state index in [-0.39, 0.29) is 16.9 Å². The first-order valence-electron chi connectivity index (χ1n) is 7.01. The van der Waals surface area contributed by atoms with Crippen LogP contribution in [0.25, 0.3) is 0 Å². The molecule has 0 amide bonds. The van der Waals surface area contributed by atoms with Gasteiger partial charge in [0.15, 0.2) is 0 Å². The largest absolute Gasteiger partial charge is 0.508 e. The van der Waals surface area contributed by atoms with Crippen molar-refractivity contribution in [3.05, 3.63) is 59.7 Å². The Labute approximate surface area is 120 Å². The fourth-order valence-corrected chi connectivity index (χ4v) is 2.92. The average molecular weight is 270 g/mol. The Bertz CT molecular complexity index is 542. The smallest absolute Gasteiger partial charge is 0.115 e. The summed E-state index contributed by atoms with van der Waals surface area (Å²) >= 11 is 0. The van der Waals surface area contributed by atoms with Gasteiger partial charge in [0.1, 0.15) is 11.5 Å². The van der Waals surface area contributed by atoms with Crippen LogP contribution in [-0.2, 0) is 5.41 Å². The zero-order valence-electron chi connectivity index (χ0n) is 12.3. The molecule has 2 aromatic carbocycles. The summed E-state index contributed by atoms with van der Waals surface area (Å²) in [6.45, 7) is 6.53. The molecule has 106 valence electrons. The van der Waals surface area contributed by atoms with Crippen molar-refractivity contribution in [2.24, 2.45) is 5.92 Å². The highest BCUT2D eigenvalue weighted by Crippen LogP contribution is 2.39. The van der Waals surface area contributed by atoms with Crippen LogP contribution < -0.4 is 0 Å². The highest BCUT2D eigenvalue weighted by Gasteiger charge is 2.30. The molecule has 0 atom stereocenters. The fraction of sp³-hybridized carbons (Fsp3) is 0.333. The molecule has 0 aliphatic carbocycles. The lowest BCUT2D eigenvalue weighted by atomic mass is 9.71. The Kier molecular flexibility index (Phi) is 4.03. The standard InChI is InChI=1S/C18H22O2/c1-13(2)12-18(3,14-6-4-8-16(19)10-14)15-7-5-9-17(20)11-15/h4-11,13,19-20H,12H2,1-3H3. The van der Waals surface area contributed by atoms with E-state index in [1.807, 2.05) is 36.4 Å². The zero-order chi connectivity index (χ0) is 14.8. The lowest BCUT2D eigenvalue weighted by Gasteiger charge is -2.33. The fourth-order valence-electron chi connectivity index (χ4n) is 2.92. The molecule has 0 saturated carbocycles. The molecule has 0 saturated heterocycles. The summed E-state index contributed by atoms with van der Waals surface area (Å²) in [6.07, 6.45) is 0.944. The molecule has 0 aliphatic rings. The number of phenolic OH excluding ortho intramolecular Hbond substituents is 2. The van der Waals surface area contributed by atoms with Crippen LogP contribution >= 0.6 is 0 Å². The molecule has 2 aromatic rings. The number of rotatable bonds is 4. The second-order valence-electron chi connectivity index (χ2n) is 6.03. The van der Waals surface area contributed by atoms with Gasteiger partial charge in [0, 0.05) is 5.41 Å². The molecule has 0 heterocycles. The Morgan fingerprint density at radius 2 is 1.35 bits per heavy atom. The van der Waals surface area contributed by atoms with Gasteiger partial charge in [-0.1, -0.05) is 45.0 Å². The van der Waals surface area contributed by atoms with Crippen LogP contribution in [0.3, 0.4) is 0 Å². The van der Waals surface area contributed by atoms with Crippen LogP contribution in [0.5, 0.6) is 11.5 Å². The number of aromatic hydroxyl groups is 2. The summed E-state index contributed by atoms with van der Waals surface area (Å²) in [4.78, 5) is 0. The molecule has 0 aliphatic heterocycles. The van der Waals surface area contributed by atoms with Crippen LogP contribution in [-0.4, -0.2) is 10.2 Å². The topological polar surface area (TPSA) is 40.5 Å². The monoisotopic (exact) mass is 270 g/mol. The van der Waals surface area contributed by atoms with Crippen molar-refractivity contribution in [2.45, 2.75) is 32.6 Å². The Morgan fingerprint density at radius 1 is 0.900 bits per heavy atom. The maximum atomic E-state index is 9.76. The highest BCUT2D eigenvalue weighted by molar-refractivity contribution is 5.43. The van der Waals surface area contributed by atoms with Gasteiger partial charge in [-0.2, -0.15) is 0 Å². The summed E-state index contributed by atoms with van der Waals surface area (Å²) in [7, 11) is 0. The summed E-state index contributed by atoms with van der Waals surface area (Å²) < 4.78 is 0. The molecule has 0 fully saturated rings. The van der Waals surface area contributed by atoms with Gasteiger partial charge in [-0.25, -0.2) is 0 Å². The normalized spacial score (nSPS) is 11.8. The Balaban J connectivity index is 2.56. The summed E-state index contributed by atoms with van der Waals surface area (Å²) in [6, 6.07) is 14.8. The van der Waals surface area contributed by atoms with E-state index in [9.17, 15) is 10.2 Å². The van der Waals surface area contributed by atoms with E-state index < -0.39 is 0 Å². The zero-order valence-corrected chi connectivity index (χ0v) is 12.3. The molecule has 0 bridgehead atoms. The Morgan fingerprint density at radius 3 is 1.70 bits per heavy atom. The van der Waals surface area contributed by atoms with Gasteiger partial charge in [-0.3, -0.25) is 0 Å². The summed E-state index contributed by atoms with van der Waals surface area (Å²) in [5.74, 6) is 1.06. The molecule has 2 N–H and O–H groups in total. The molecule has 2 nitrogen and oxygen atoms in total. The van der Waals surface area contributed by atoms with Gasteiger partial charge in [0.05, 0.1) is 0 Å². The van der Waals surface area contributed by atoms with Crippen molar-refractivity contribution in [3.63, 3.8) is 0 Å². The Hall–Kier alpha value is -1.96. The van der Waals surface area contributed by atoms with Crippen molar-refractivity contribution >= 4 is 0 Å². The third-order valence-corrected chi connectivity index (χ3v) is 3.78. The van der Waals surface area contributed by atoms with E-state index in [1.165, 1.54) is 0 Å². The van der Waals surface area contributed by atoms with Crippen LogP contribution in [0.15, 0.2) is 48.5 Å². The minimum absolute atomic E-state index is 0.231. The van der Waals surface area contributed by atoms with Gasteiger partial charge in [-0.15, -0.1) is 0 Å². The van der Waals surface area contributed by atoms with Crippen LogP contribution in [0, 0.1) is 5.92 Å². The molecule has 0 spiro atoms. The summed E-state index contributed by atoms with van der Waals surface area (Å²) in [5.41, 5.74) is 1.90. The maximum Gasteiger partial charge on any atom is 0.115 e. The predicted molar refractivity (Wildman–Crippen MR) is 82.1 cm³/mol. The third-order valence-electron chi connectivity index (χ3n) is 3.78. The number of hydrogen-bond acceptors (Lipinski definition) is 2.